The zero-order chi connectivity index (χ0) is 15.8. The molecule has 1 aliphatic carbocycles. The Morgan fingerprint density at radius 1 is 1.29 bits per heavy atom. The van der Waals surface area contributed by atoms with E-state index in [-0.39, 0.29) is 6.61 Å². The Morgan fingerprint density at radius 3 is 2.29 bits per heavy atom. The van der Waals surface area contributed by atoms with E-state index in [2.05, 4.69) is 0 Å². The second-order valence-electron chi connectivity index (χ2n) is 6.41. The van der Waals surface area contributed by atoms with Crippen molar-refractivity contribution in [2.45, 2.75) is 32.3 Å². The molecule has 1 saturated carbocycles. The largest absolute Gasteiger partial charge is 0.459 e. The highest BCUT2D eigenvalue weighted by atomic mass is 16.6. The van der Waals surface area contributed by atoms with Gasteiger partial charge in [-0.1, -0.05) is 30.3 Å². The zero-order valence-electron chi connectivity index (χ0n) is 12.5. The normalized spacial score (nSPS) is 28.0. The summed E-state index contributed by atoms with van der Waals surface area (Å²) in [5.74, 6) is -2.37. The maximum atomic E-state index is 12.5. The lowest BCUT2D eigenvalue weighted by Gasteiger charge is -2.23. The van der Waals surface area contributed by atoms with Crippen LogP contribution >= 0.6 is 0 Å². The Kier molecular flexibility index (Phi) is 3.80. The average Bonchev–Trinajstić information content (AvgIpc) is 3.08. The summed E-state index contributed by atoms with van der Waals surface area (Å²) in [6.45, 7) is 4.90. The Balaban J connectivity index is 2.39. The van der Waals surface area contributed by atoms with Crippen molar-refractivity contribution in [1.29, 1.82) is 0 Å². The van der Waals surface area contributed by atoms with E-state index in [1.54, 1.807) is 20.8 Å². The fraction of sp³-hybridized carbons (Fsp3) is 0.500. The molecule has 2 rings (SSSR count). The molecule has 1 aromatic rings. The van der Waals surface area contributed by atoms with Crippen LogP contribution in [0.25, 0.3) is 0 Å². The molecule has 1 fully saturated rings. The lowest BCUT2D eigenvalue weighted by Crippen LogP contribution is -2.40. The minimum absolute atomic E-state index is 0.290. The van der Waals surface area contributed by atoms with Crippen molar-refractivity contribution < 1.29 is 19.4 Å². The van der Waals surface area contributed by atoms with E-state index in [0.717, 1.165) is 5.56 Å². The maximum absolute atomic E-state index is 12.5. The van der Waals surface area contributed by atoms with E-state index in [1.807, 2.05) is 30.3 Å². The number of carbonyl (C=O) groups excluding carboxylic acids is 2. The van der Waals surface area contributed by atoms with Crippen molar-refractivity contribution in [1.82, 2.24) is 0 Å². The summed E-state index contributed by atoms with van der Waals surface area (Å²) in [6, 6.07) is 9.13. The summed E-state index contributed by atoms with van der Waals surface area (Å²) in [5.41, 5.74) is 4.11. The number of esters is 1. The predicted octanol–water partition coefficient (Wildman–Crippen LogP) is 1.21. The van der Waals surface area contributed by atoms with Crippen LogP contribution in [0.5, 0.6) is 0 Å². The smallest absolute Gasteiger partial charge is 0.323 e. The van der Waals surface area contributed by atoms with Gasteiger partial charge in [-0.05, 0) is 26.3 Å². The first-order chi connectivity index (χ1) is 9.75. The number of hydrogen-bond donors (Lipinski definition) is 2. The highest BCUT2D eigenvalue weighted by Crippen LogP contribution is 2.65. The molecule has 0 bridgehead atoms. The minimum atomic E-state index is -1.47. The first-order valence-corrected chi connectivity index (χ1v) is 6.94. The van der Waals surface area contributed by atoms with Gasteiger partial charge in [0.15, 0.2) is 5.41 Å². The van der Waals surface area contributed by atoms with E-state index in [9.17, 15) is 14.7 Å². The SMILES string of the molecule is CC(C)(C)OC(=O)C1(C(N)=O)C(CO)C1c1ccccc1. The number of amides is 1. The van der Waals surface area contributed by atoms with Crippen LogP contribution in [-0.4, -0.2) is 29.2 Å². The molecule has 5 heteroatoms. The van der Waals surface area contributed by atoms with Gasteiger partial charge in [0.25, 0.3) is 0 Å². The Morgan fingerprint density at radius 2 is 1.86 bits per heavy atom. The van der Waals surface area contributed by atoms with Gasteiger partial charge in [-0.15, -0.1) is 0 Å². The van der Waals surface area contributed by atoms with Crippen LogP contribution < -0.4 is 5.73 Å². The van der Waals surface area contributed by atoms with Gasteiger partial charge in [0, 0.05) is 18.4 Å². The quantitative estimate of drug-likeness (QED) is 0.644. The molecule has 3 N–H and O–H groups in total. The highest BCUT2D eigenvalue weighted by Gasteiger charge is 2.75. The molecule has 3 atom stereocenters. The number of hydrogen-bond acceptors (Lipinski definition) is 4. The number of primary amides is 1. The van der Waals surface area contributed by atoms with Crippen LogP contribution in [0.15, 0.2) is 30.3 Å². The van der Waals surface area contributed by atoms with E-state index in [4.69, 9.17) is 10.5 Å². The monoisotopic (exact) mass is 291 g/mol. The third-order valence-corrected chi connectivity index (χ3v) is 3.87. The van der Waals surface area contributed by atoms with Crippen molar-refractivity contribution in [3.8, 4) is 0 Å². The van der Waals surface area contributed by atoms with Gasteiger partial charge >= 0.3 is 5.97 Å². The lowest BCUT2D eigenvalue weighted by atomic mass is 9.97. The summed E-state index contributed by atoms with van der Waals surface area (Å²) < 4.78 is 5.36. The van der Waals surface area contributed by atoms with Crippen LogP contribution in [0.2, 0.25) is 0 Å². The van der Waals surface area contributed by atoms with E-state index in [1.165, 1.54) is 0 Å². The molecular formula is C16H21NO4. The maximum Gasteiger partial charge on any atom is 0.323 e. The standard InChI is InChI=1S/C16H21NO4/c1-15(2,3)21-14(20)16(13(17)19)11(9-18)12(16)10-7-5-4-6-8-10/h4-8,11-12,18H,9H2,1-3H3,(H2,17,19). The third kappa shape index (κ3) is 2.53. The summed E-state index contributed by atoms with van der Waals surface area (Å²) in [6.07, 6.45) is 0. The van der Waals surface area contributed by atoms with Gasteiger partial charge in [0.05, 0.1) is 0 Å². The van der Waals surface area contributed by atoms with Gasteiger partial charge in [-0.2, -0.15) is 0 Å². The van der Waals surface area contributed by atoms with Crippen LogP contribution in [0.4, 0.5) is 0 Å². The molecule has 0 aromatic heterocycles. The number of nitrogens with two attached hydrogens (primary N) is 1. The molecule has 3 unspecified atom stereocenters. The van der Waals surface area contributed by atoms with Crippen LogP contribution in [0, 0.1) is 11.3 Å². The number of aliphatic hydroxyl groups excluding tert-OH is 1. The first-order valence-electron chi connectivity index (χ1n) is 6.94. The fourth-order valence-corrected chi connectivity index (χ4v) is 2.94. The van der Waals surface area contributed by atoms with Gasteiger partial charge in [0.2, 0.25) is 5.91 Å². The Labute approximate surface area is 124 Å². The van der Waals surface area contributed by atoms with Crippen molar-refractivity contribution in [2.24, 2.45) is 17.1 Å². The van der Waals surface area contributed by atoms with E-state index in [0.29, 0.717) is 0 Å². The lowest BCUT2D eigenvalue weighted by molar-refractivity contribution is -0.165. The average molecular weight is 291 g/mol. The van der Waals surface area contributed by atoms with Crippen molar-refractivity contribution in [3.05, 3.63) is 35.9 Å². The van der Waals surface area contributed by atoms with E-state index >= 15 is 0 Å². The molecule has 0 radical (unpaired) electrons. The van der Waals surface area contributed by atoms with Gasteiger partial charge in [-0.25, -0.2) is 0 Å². The van der Waals surface area contributed by atoms with Gasteiger partial charge in [0.1, 0.15) is 5.60 Å². The molecule has 114 valence electrons. The molecule has 1 aromatic carbocycles. The Hall–Kier alpha value is -1.88. The van der Waals surface area contributed by atoms with Crippen molar-refractivity contribution in [3.63, 3.8) is 0 Å². The van der Waals surface area contributed by atoms with Crippen molar-refractivity contribution >= 4 is 11.9 Å². The molecule has 1 amide bonds. The Bertz CT molecular complexity index is 549. The fourth-order valence-electron chi connectivity index (χ4n) is 2.94. The number of benzene rings is 1. The van der Waals surface area contributed by atoms with E-state index < -0.39 is 34.7 Å². The minimum Gasteiger partial charge on any atom is -0.459 e. The second kappa shape index (κ2) is 5.15. The highest BCUT2D eigenvalue weighted by molar-refractivity contribution is 6.07. The topological polar surface area (TPSA) is 89.6 Å². The third-order valence-electron chi connectivity index (χ3n) is 3.87. The summed E-state index contributed by atoms with van der Waals surface area (Å²) >= 11 is 0. The molecule has 0 heterocycles. The summed E-state index contributed by atoms with van der Waals surface area (Å²) in [7, 11) is 0. The number of aliphatic hydroxyl groups is 1. The molecule has 0 aliphatic heterocycles. The zero-order valence-corrected chi connectivity index (χ0v) is 12.5. The molecule has 21 heavy (non-hydrogen) atoms. The second-order valence-corrected chi connectivity index (χ2v) is 6.41. The molecule has 0 saturated heterocycles. The van der Waals surface area contributed by atoms with Gasteiger partial charge < -0.3 is 15.6 Å². The first kappa shape index (κ1) is 15.5. The molecule has 1 aliphatic rings. The summed E-state index contributed by atoms with van der Waals surface area (Å²) in [4.78, 5) is 24.5. The van der Waals surface area contributed by atoms with Crippen LogP contribution in [0.1, 0.15) is 32.3 Å². The van der Waals surface area contributed by atoms with Crippen molar-refractivity contribution in [2.75, 3.05) is 6.61 Å². The van der Waals surface area contributed by atoms with Crippen LogP contribution in [-0.2, 0) is 14.3 Å². The number of carbonyl (C=O) groups is 2. The molecule has 5 nitrogen and oxygen atoms in total. The molecule has 0 spiro atoms. The number of ether oxygens (including phenoxy) is 1. The van der Waals surface area contributed by atoms with Gasteiger partial charge in [-0.3, -0.25) is 9.59 Å². The molecular weight excluding hydrogens is 270 g/mol. The number of rotatable bonds is 4. The van der Waals surface area contributed by atoms with Crippen LogP contribution in [0.3, 0.4) is 0 Å². The predicted molar refractivity (Wildman–Crippen MR) is 77.2 cm³/mol. The summed E-state index contributed by atoms with van der Waals surface area (Å²) in [5, 5.41) is 9.55.